The first-order chi connectivity index (χ1) is 9.72. The number of hydrogen-bond donors (Lipinski definition) is 1. The predicted octanol–water partition coefficient (Wildman–Crippen LogP) is 0.358. The number of ether oxygens (including phenoxy) is 2. The topological polar surface area (TPSA) is 82.3 Å². The van der Waals surface area contributed by atoms with E-state index >= 15 is 0 Å². The molecule has 7 nitrogen and oxygen atoms in total. The summed E-state index contributed by atoms with van der Waals surface area (Å²) in [7, 11) is 0. The highest BCUT2D eigenvalue weighted by molar-refractivity contribution is 5.48. The maximum absolute atomic E-state index is 9.41. The molecule has 1 N–H and O–H groups in total. The van der Waals surface area contributed by atoms with Gasteiger partial charge in [0.15, 0.2) is 0 Å². The van der Waals surface area contributed by atoms with E-state index in [0.29, 0.717) is 25.6 Å². The molecule has 0 radical (unpaired) electrons. The molecule has 0 spiro atoms. The van der Waals surface area contributed by atoms with Crippen LogP contribution in [0.2, 0.25) is 0 Å². The second-order valence-electron chi connectivity index (χ2n) is 5.17. The summed E-state index contributed by atoms with van der Waals surface area (Å²) in [4.78, 5) is 0. The van der Waals surface area contributed by atoms with Crippen molar-refractivity contribution in [2.75, 3.05) is 26.4 Å². The Balaban J connectivity index is 1.82. The third kappa shape index (κ3) is 2.37. The number of aliphatic hydroxyl groups excluding tert-OH is 1. The highest BCUT2D eigenvalue weighted by Crippen LogP contribution is 2.30. The first-order valence-electron chi connectivity index (χ1n) is 6.38. The maximum atomic E-state index is 9.41. The van der Waals surface area contributed by atoms with Gasteiger partial charge in [0.05, 0.1) is 25.2 Å². The molecule has 20 heavy (non-hydrogen) atoms. The Bertz CT molecular complexity index is 576. The lowest BCUT2D eigenvalue weighted by Gasteiger charge is -2.39. The lowest BCUT2D eigenvalue weighted by molar-refractivity contribution is -0.153. The summed E-state index contributed by atoms with van der Waals surface area (Å²) in [6.45, 7) is 3.50. The third-order valence-electron chi connectivity index (χ3n) is 3.40. The van der Waals surface area contributed by atoms with Crippen LogP contribution < -0.4 is 4.74 Å². The molecule has 0 bridgehead atoms. The van der Waals surface area contributed by atoms with Gasteiger partial charge in [0.25, 0.3) is 0 Å². The molecular formula is C13H16N4O3. The summed E-state index contributed by atoms with van der Waals surface area (Å²) in [5.74, 6) is 0.683. The van der Waals surface area contributed by atoms with Gasteiger partial charge < -0.3 is 14.6 Å². The summed E-state index contributed by atoms with van der Waals surface area (Å²) in [5.41, 5.74) is 1.58. The van der Waals surface area contributed by atoms with Gasteiger partial charge in [0, 0.05) is 0 Å². The molecule has 1 aliphatic heterocycles. The summed E-state index contributed by atoms with van der Waals surface area (Å²) in [5, 5.41) is 20.6. The molecule has 1 aromatic heterocycles. The zero-order valence-electron chi connectivity index (χ0n) is 11.2. The monoisotopic (exact) mass is 276 g/mol. The molecule has 2 aromatic rings. The minimum absolute atomic E-state index is 0.0546. The molecule has 0 amide bonds. The van der Waals surface area contributed by atoms with Crippen molar-refractivity contribution in [1.82, 2.24) is 20.2 Å². The Hall–Kier alpha value is -1.99. The molecule has 7 heteroatoms. The highest BCUT2D eigenvalue weighted by atomic mass is 16.5. The lowest BCUT2D eigenvalue weighted by atomic mass is 9.88. The van der Waals surface area contributed by atoms with Crippen molar-refractivity contribution in [2.45, 2.75) is 6.92 Å². The van der Waals surface area contributed by atoms with Crippen LogP contribution in [0.1, 0.15) is 5.56 Å². The second kappa shape index (κ2) is 5.18. The SMILES string of the molecule is Cc1ccc(OCC2(CO)COC2)c(-n2cnnn2)c1. The van der Waals surface area contributed by atoms with E-state index in [2.05, 4.69) is 15.5 Å². The minimum Gasteiger partial charge on any atom is -0.490 e. The largest absolute Gasteiger partial charge is 0.490 e. The fourth-order valence-electron chi connectivity index (χ4n) is 2.04. The molecule has 2 heterocycles. The summed E-state index contributed by atoms with van der Waals surface area (Å²) in [6, 6.07) is 5.80. The zero-order chi connectivity index (χ0) is 14.0. The smallest absolute Gasteiger partial charge is 0.145 e. The molecule has 1 fully saturated rings. The van der Waals surface area contributed by atoms with Crippen LogP contribution in [-0.4, -0.2) is 51.7 Å². The van der Waals surface area contributed by atoms with Crippen LogP contribution >= 0.6 is 0 Å². The quantitative estimate of drug-likeness (QED) is 0.849. The van der Waals surface area contributed by atoms with E-state index in [1.54, 1.807) is 4.68 Å². The average Bonchev–Trinajstić information content (AvgIpc) is 2.93. The van der Waals surface area contributed by atoms with E-state index in [9.17, 15) is 5.11 Å². The third-order valence-corrected chi connectivity index (χ3v) is 3.40. The highest BCUT2D eigenvalue weighted by Gasteiger charge is 2.39. The zero-order valence-corrected chi connectivity index (χ0v) is 11.2. The van der Waals surface area contributed by atoms with E-state index in [0.717, 1.165) is 11.3 Å². The average molecular weight is 276 g/mol. The number of aryl methyl sites for hydroxylation is 1. The van der Waals surface area contributed by atoms with Gasteiger partial charge in [-0.2, -0.15) is 4.68 Å². The molecular weight excluding hydrogens is 260 g/mol. The number of benzene rings is 1. The van der Waals surface area contributed by atoms with Crippen molar-refractivity contribution in [3.05, 3.63) is 30.1 Å². The Morgan fingerprint density at radius 3 is 2.90 bits per heavy atom. The van der Waals surface area contributed by atoms with Gasteiger partial charge in [-0.25, -0.2) is 0 Å². The van der Waals surface area contributed by atoms with Crippen LogP contribution in [0.4, 0.5) is 0 Å². The van der Waals surface area contributed by atoms with Crippen LogP contribution in [-0.2, 0) is 4.74 Å². The van der Waals surface area contributed by atoms with E-state index in [1.807, 2.05) is 25.1 Å². The molecule has 3 rings (SSSR count). The number of tetrazole rings is 1. The number of nitrogens with zero attached hydrogens (tertiary/aromatic N) is 4. The number of hydrogen-bond acceptors (Lipinski definition) is 6. The maximum Gasteiger partial charge on any atom is 0.145 e. The van der Waals surface area contributed by atoms with Gasteiger partial charge in [0.2, 0.25) is 0 Å². The first-order valence-corrected chi connectivity index (χ1v) is 6.38. The second-order valence-corrected chi connectivity index (χ2v) is 5.17. The van der Waals surface area contributed by atoms with Gasteiger partial charge in [-0.1, -0.05) is 6.07 Å². The Kier molecular flexibility index (Phi) is 3.37. The van der Waals surface area contributed by atoms with Gasteiger partial charge in [0.1, 0.15) is 24.4 Å². The van der Waals surface area contributed by atoms with Gasteiger partial charge in [-0.05, 0) is 35.0 Å². The molecule has 106 valence electrons. The molecule has 0 unspecified atom stereocenters. The van der Waals surface area contributed by atoms with Crippen LogP contribution in [0.25, 0.3) is 5.69 Å². The van der Waals surface area contributed by atoms with Crippen LogP contribution in [0.5, 0.6) is 5.75 Å². The fraction of sp³-hybridized carbons (Fsp3) is 0.462. The van der Waals surface area contributed by atoms with Gasteiger partial charge in [-0.3, -0.25) is 0 Å². The Labute approximate surface area is 116 Å². The molecule has 0 saturated carbocycles. The minimum atomic E-state index is -0.289. The first kappa shape index (κ1) is 13.0. The van der Waals surface area contributed by atoms with E-state index in [1.165, 1.54) is 6.33 Å². The lowest BCUT2D eigenvalue weighted by Crippen LogP contribution is -2.50. The molecule has 0 aliphatic carbocycles. The molecule has 0 atom stereocenters. The standard InChI is InChI=1S/C13H16N4O3/c1-10-2-3-12(11(4-10)17-9-14-15-16-17)20-8-13(5-18)6-19-7-13/h2-4,9,18H,5-8H2,1H3. The number of rotatable bonds is 5. The molecule has 1 aromatic carbocycles. The van der Waals surface area contributed by atoms with Crippen LogP contribution in [0.15, 0.2) is 24.5 Å². The van der Waals surface area contributed by atoms with E-state index in [4.69, 9.17) is 9.47 Å². The van der Waals surface area contributed by atoms with E-state index < -0.39 is 0 Å². The number of aromatic nitrogens is 4. The molecule has 1 aliphatic rings. The normalized spacial score (nSPS) is 16.7. The van der Waals surface area contributed by atoms with Gasteiger partial charge >= 0.3 is 0 Å². The summed E-state index contributed by atoms with van der Waals surface area (Å²) < 4.78 is 12.6. The van der Waals surface area contributed by atoms with E-state index in [-0.39, 0.29) is 12.0 Å². The van der Waals surface area contributed by atoms with Crippen molar-refractivity contribution < 1.29 is 14.6 Å². The van der Waals surface area contributed by atoms with Crippen molar-refractivity contribution in [1.29, 1.82) is 0 Å². The van der Waals surface area contributed by atoms with Crippen LogP contribution in [0.3, 0.4) is 0 Å². The van der Waals surface area contributed by atoms with Crippen molar-refractivity contribution >= 4 is 0 Å². The summed E-state index contributed by atoms with van der Waals surface area (Å²) in [6.07, 6.45) is 1.52. The van der Waals surface area contributed by atoms with Crippen LogP contribution in [0, 0.1) is 12.3 Å². The Morgan fingerprint density at radius 1 is 1.45 bits per heavy atom. The Morgan fingerprint density at radius 2 is 2.30 bits per heavy atom. The van der Waals surface area contributed by atoms with Crippen molar-refractivity contribution in [3.8, 4) is 11.4 Å². The van der Waals surface area contributed by atoms with Crippen molar-refractivity contribution in [3.63, 3.8) is 0 Å². The van der Waals surface area contributed by atoms with Gasteiger partial charge in [-0.15, -0.1) is 5.10 Å². The fourth-order valence-corrected chi connectivity index (χ4v) is 2.04. The van der Waals surface area contributed by atoms with Crippen molar-refractivity contribution in [2.24, 2.45) is 5.41 Å². The summed E-state index contributed by atoms with van der Waals surface area (Å²) >= 11 is 0. The predicted molar refractivity (Wildman–Crippen MR) is 69.7 cm³/mol. The number of aliphatic hydroxyl groups is 1. The molecule has 1 saturated heterocycles.